The lowest BCUT2D eigenvalue weighted by Gasteiger charge is -2.34. The highest BCUT2D eigenvalue weighted by Crippen LogP contribution is 2.35. The molecule has 2 atom stereocenters. The summed E-state index contributed by atoms with van der Waals surface area (Å²) in [5.74, 6) is 0.00637. The average molecular weight is 466 g/mol. The number of carbonyl (C=O) groups is 1. The molecule has 0 radical (unpaired) electrons. The number of ether oxygens (including phenoxy) is 2. The number of fused-ring (bicyclic) bond motifs is 1. The average Bonchev–Trinajstić information content (AvgIpc) is 3.55. The van der Waals surface area contributed by atoms with Crippen LogP contribution in [0.2, 0.25) is 0 Å². The monoisotopic (exact) mass is 465 g/mol. The first-order valence-corrected chi connectivity index (χ1v) is 11.9. The molecule has 9 nitrogen and oxygen atoms in total. The summed E-state index contributed by atoms with van der Waals surface area (Å²) in [4.78, 5) is 30.9. The highest BCUT2D eigenvalue weighted by molar-refractivity contribution is 6.06. The molecule has 1 aliphatic heterocycles. The van der Waals surface area contributed by atoms with Crippen molar-refractivity contribution >= 4 is 17.2 Å². The maximum absolute atomic E-state index is 13.3. The molecule has 1 saturated heterocycles. The van der Waals surface area contributed by atoms with Crippen LogP contribution < -0.4 is 15.6 Å². The molecule has 1 aliphatic carbocycles. The Morgan fingerprint density at radius 3 is 2.76 bits per heavy atom. The van der Waals surface area contributed by atoms with Gasteiger partial charge in [-0.1, -0.05) is 6.92 Å². The second-order valence-electron chi connectivity index (χ2n) is 10.0. The fourth-order valence-corrected chi connectivity index (χ4v) is 4.32. The van der Waals surface area contributed by atoms with E-state index in [-0.39, 0.29) is 34.9 Å². The zero-order chi connectivity index (χ0) is 24.0. The number of nitrogens with zero attached hydrogens (tertiary/aromatic N) is 4. The van der Waals surface area contributed by atoms with Gasteiger partial charge >= 0.3 is 0 Å². The minimum absolute atomic E-state index is 0.123. The Morgan fingerprint density at radius 1 is 1.29 bits per heavy atom. The molecular formula is C25H31N5O4. The first-order chi connectivity index (χ1) is 16.2. The largest absolute Gasteiger partial charge is 0.490 e. The smallest absolute Gasteiger partial charge is 0.290 e. The summed E-state index contributed by atoms with van der Waals surface area (Å²) in [6.45, 7) is 8.67. The lowest BCUT2D eigenvalue weighted by atomic mass is 9.81. The summed E-state index contributed by atoms with van der Waals surface area (Å²) in [5.41, 5.74) is 1.67. The van der Waals surface area contributed by atoms with Crippen molar-refractivity contribution in [2.45, 2.75) is 77.0 Å². The molecule has 3 aromatic rings. The molecule has 4 heterocycles. The Hall–Kier alpha value is -3.20. The number of anilines is 1. The molecule has 34 heavy (non-hydrogen) atoms. The van der Waals surface area contributed by atoms with Crippen LogP contribution in [0.25, 0.3) is 5.65 Å². The van der Waals surface area contributed by atoms with E-state index in [9.17, 15) is 9.59 Å². The number of hydrogen-bond donors (Lipinski definition) is 1. The van der Waals surface area contributed by atoms with Crippen molar-refractivity contribution in [2.75, 3.05) is 11.9 Å². The van der Waals surface area contributed by atoms with Crippen molar-refractivity contribution in [3.63, 3.8) is 0 Å². The van der Waals surface area contributed by atoms with Gasteiger partial charge in [-0.05, 0) is 52.5 Å². The molecule has 2 fully saturated rings. The highest BCUT2D eigenvalue weighted by atomic mass is 16.5. The van der Waals surface area contributed by atoms with Crippen molar-refractivity contribution < 1.29 is 14.3 Å². The molecule has 0 aromatic carbocycles. The fourth-order valence-electron chi connectivity index (χ4n) is 4.32. The Morgan fingerprint density at radius 2 is 2.09 bits per heavy atom. The van der Waals surface area contributed by atoms with Gasteiger partial charge in [-0.2, -0.15) is 5.10 Å². The lowest BCUT2D eigenvalue weighted by molar-refractivity contribution is -0.0162. The van der Waals surface area contributed by atoms with E-state index < -0.39 is 5.91 Å². The second kappa shape index (κ2) is 8.54. The van der Waals surface area contributed by atoms with E-state index in [1.807, 2.05) is 24.4 Å². The molecule has 1 N–H and O–H groups in total. The van der Waals surface area contributed by atoms with Crippen LogP contribution >= 0.6 is 0 Å². The number of hydrogen-bond acceptors (Lipinski definition) is 6. The van der Waals surface area contributed by atoms with E-state index in [4.69, 9.17) is 14.5 Å². The SMILES string of the molecule is CC(C)Oc1cc2nc([C@@]3(C)CCC(C)OC3)cn2cc1C(=O)Nc1ccnn(C2CC2)c1=O. The Balaban J connectivity index is 1.49. The van der Waals surface area contributed by atoms with E-state index in [2.05, 4.69) is 24.3 Å². The lowest BCUT2D eigenvalue weighted by Crippen LogP contribution is -2.36. The Kier molecular flexibility index (Phi) is 5.67. The molecule has 0 bridgehead atoms. The second-order valence-corrected chi connectivity index (χ2v) is 10.0. The maximum atomic E-state index is 13.3. The third-order valence-electron chi connectivity index (χ3n) is 6.58. The van der Waals surface area contributed by atoms with Crippen molar-refractivity contribution in [3.8, 4) is 5.75 Å². The van der Waals surface area contributed by atoms with E-state index in [0.29, 0.717) is 23.6 Å². The fraction of sp³-hybridized carbons (Fsp3) is 0.520. The van der Waals surface area contributed by atoms with Gasteiger partial charge in [0, 0.05) is 30.1 Å². The van der Waals surface area contributed by atoms with Crippen LogP contribution in [0.4, 0.5) is 5.69 Å². The third-order valence-corrected chi connectivity index (χ3v) is 6.58. The van der Waals surface area contributed by atoms with Gasteiger partial charge in [0.1, 0.15) is 17.1 Å². The number of carbonyl (C=O) groups excluding carboxylic acids is 1. The van der Waals surface area contributed by atoms with Gasteiger partial charge in [0.15, 0.2) is 0 Å². The zero-order valence-electron chi connectivity index (χ0n) is 20.1. The van der Waals surface area contributed by atoms with Crippen LogP contribution in [0.3, 0.4) is 0 Å². The standard InChI is InChI=1S/C25H31N5O4/c1-15(2)34-20-11-22-28-21(25(4)9-7-16(3)33-14-25)13-29(22)12-18(20)23(31)27-19-8-10-26-30(24(19)32)17-5-6-17/h8,10-13,15-17H,5-7,9,14H2,1-4H3,(H,27,31)/t16?,25-/m0/s1. The van der Waals surface area contributed by atoms with Crippen molar-refractivity contribution in [3.05, 3.63) is 52.3 Å². The van der Waals surface area contributed by atoms with E-state index in [0.717, 1.165) is 31.4 Å². The molecule has 3 aromatic heterocycles. The Labute approximate surface area is 198 Å². The van der Waals surface area contributed by atoms with E-state index in [1.54, 1.807) is 18.5 Å². The number of rotatable bonds is 6. The minimum atomic E-state index is -0.417. The van der Waals surface area contributed by atoms with Crippen molar-refractivity contribution in [1.29, 1.82) is 0 Å². The number of amides is 1. The molecule has 5 rings (SSSR count). The van der Waals surface area contributed by atoms with Crippen LogP contribution in [-0.2, 0) is 10.2 Å². The summed E-state index contributed by atoms with van der Waals surface area (Å²) < 4.78 is 15.2. The van der Waals surface area contributed by atoms with Crippen molar-refractivity contribution in [2.24, 2.45) is 0 Å². The van der Waals surface area contributed by atoms with Crippen LogP contribution in [0.15, 0.2) is 35.5 Å². The summed E-state index contributed by atoms with van der Waals surface area (Å²) in [7, 11) is 0. The quantitative estimate of drug-likeness (QED) is 0.596. The first kappa shape index (κ1) is 22.6. The van der Waals surface area contributed by atoms with Crippen LogP contribution in [-0.4, -0.2) is 43.9 Å². The normalized spacial score (nSPS) is 22.8. The molecule has 1 amide bonds. The number of imidazole rings is 1. The molecule has 0 spiro atoms. The van der Waals surface area contributed by atoms with Gasteiger partial charge < -0.3 is 19.2 Å². The molecular weight excluding hydrogens is 434 g/mol. The van der Waals surface area contributed by atoms with Crippen molar-refractivity contribution in [1.82, 2.24) is 19.2 Å². The topological polar surface area (TPSA) is 99.8 Å². The highest BCUT2D eigenvalue weighted by Gasteiger charge is 2.34. The molecule has 9 heteroatoms. The van der Waals surface area contributed by atoms with Gasteiger partial charge in [0.25, 0.3) is 11.5 Å². The Bertz CT molecular complexity index is 1280. The van der Waals surface area contributed by atoms with E-state index >= 15 is 0 Å². The summed E-state index contributed by atoms with van der Waals surface area (Å²) in [6, 6.07) is 3.43. The van der Waals surface area contributed by atoms with Crippen LogP contribution in [0.1, 0.15) is 75.5 Å². The summed E-state index contributed by atoms with van der Waals surface area (Å²) in [5, 5.41) is 6.91. The van der Waals surface area contributed by atoms with Crippen LogP contribution in [0.5, 0.6) is 5.75 Å². The maximum Gasteiger partial charge on any atom is 0.290 e. The van der Waals surface area contributed by atoms with Crippen LogP contribution in [0, 0.1) is 0 Å². The predicted octanol–water partition coefficient (Wildman–Crippen LogP) is 3.72. The molecule has 1 saturated carbocycles. The third kappa shape index (κ3) is 4.32. The zero-order valence-corrected chi connectivity index (χ0v) is 20.1. The van der Waals surface area contributed by atoms with Gasteiger partial charge in [-0.3, -0.25) is 9.59 Å². The molecule has 2 aliphatic rings. The van der Waals surface area contributed by atoms with Gasteiger partial charge in [0.05, 0.1) is 36.1 Å². The number of aromatic nitrogens is 4. The first-order valence-electron chi connectivity index (χ1n) is 11.9. The molecule has 1 unspecified atom stereocenters. The number of pyridine rings is 1. The summed E-state index contributed by atoms with van der Waals surface area (Å²) in [6.07, 6.45) is 9.15. The van der Waals surface area contributed by atoms with Gasteiger partial charge in [-0.15, -0.1) is 0 Å². The molecule has 180 valence electrons. The predicted molar refractivity (Wildman–Crippen MR) is 128 cm³/mol. The van der Waals surface area contributed by atoms with E-state index in [1.165, 1.54) is 10.7 Å². The van der Waals surface area contributed by atoms with Gasteiger partial charge in [-0.25, -0.2) is 9.67 Å². The minimum Gasteiger partial charge on any atom is -0.490 e. The number of nitrogens with one attached hydrogen (secondary N) is 1. The van der Waals surface area contributed by atoms with Gasteiger partial charge in [0.2, 0.25) is 0 Å². The summed E-state index contributed by atoms with van der Waals surface area (Å²) >= 11 is 0.